The fourth-order valence-corrected chi connectivity index (χ4v) is 3.58. The highest BCUT2D eigenvalue weighted by molar-refractivity contribution is 5.75. The first-order chi connectivity index (χ1) is 12.4. The molecule has 0 saturated carbocycles. The van der Waals surface area contributed by atoms with E-state index in [1.807, 2.05) is 0 Å². The Labute approximate surface area is 154 Å². The predicted octanol–water partition coefficient (Wildman–Crippen LogP) is 5.28. The summed E-state index contributed by atoms with van der Waals surface area (Å²) in [4.78, 5) is 14.1. The number of alkyl halides is 3. The van der Waals surface area contributed by atoms with Crippen LogP contribution >= 0.6 is 0 Å². The van der Waals surface area contributed by atoms with Gasteiger partial charge in [0.2, 0.25) is 0 Å². The number of rotatable bonds is 2. The van der Waals surface area contributed by atoms with Gasteiger partial charge in [0.15, 0.2) is 0 Å². The third kappa shape index (κ3) is 4.54. The zero-order chi connectivity index (χ0) is 20.0. The van der Waals surface area contributed by atoms with Crippen LogP contribution in [0.5, 0.6) is 5.75 Å². The van der Waals surface area contributed by atoms with Gasteiger partial charge in [-0.2, -0.15) is 0 Å². The molecule has 148 valence electrons. The molecule has 2 heterocycles. The topological polar surface area (TPSA) is 38.8 Å². The normalized spacial score (nSPS) is 22.5. The maximum Gasteiger partial charge on any atom is 0.573 e. The minimum atomic E-state index is -4.84. The fourth-order valence-electron chi connectivity index (χ4n) is 3.58. The van der Waals surface area contributed by atoms with Gasteiger partial charge >= 0.3 is 12.5 Å². The quantitative estimate of drug-likeness (QED) is 0.648. The molecule has 1 amide bonds. The number of amides is 1. The second-order valence-corrected chi connectivity index (χ2v) is 7.77. The molecule has 0 N–H and O–H groups in total. The van der Waals surface area contributed by atoms with Gasteiger partial charge < -0.3 is 9.47 Å². The Balaban J connectivity index is 1.85. The van der Waals surface area contributed by atoms with Gasteiger partial charge in [-0.3, -0.25) is 4.90 Å². The maximum atomic E-state index is 14.3. The molecule has 0 aromatic heterocycles. The Morgan fingerprint density at radius 1 is 1.19 bits per heavy atom. The molecule has 2 aliphatic heterocycles. The molecule has 4 nitrogen and oxygen atoms in total. The van der Waals surface area contributed by atoms with Gasteiger partial charge in [0.05, 0.1) is 6.04 Å². The zero-order valence-electron chi connectivity index (χ0n) is 15.3. The largest absolute Gasteiger partial charge is 0.573 e. The number of nitrogens with zero attached hydrogens (tertiary/aromatic N) is 1. The zero-order valence-corrected chi connectivity index (χ0v) is 15.3. The lowest BCUT2D eigenvalue weighted by Gasteiger charge is -2.35. The van der Waals surface area contributed by atoms with Crippen LogP contribution in [-0.4, -0.2) is 35.0 Å². The van der Waals surface area contributed by atoms with E-state index in [4.69, 9.17) is 4.74 Å². The van der Waals surface area contributed by atoms with Crippen molar-refractivity contribution >= 4 is 11.7 Å². The molecule has 1 saturated heterocycles. The van der Waals surface area contributed by atoms with Crippen LogP contribution in [0.4, 0.5) is 22.4 Å². The van der Waals surface area contributed by atoms with Crippen LogP contribution in [0.1, 0.15) is 45.6 Å². The molecule has 1 fully saturated rings. The summed E-state index contributed by atoms with van der Waals surface area (Å²) in [6, 6.07) is 2.52. The van der Waals surface area contributed by atoms with Crippen molar-refractivity contribution in [2.75, 3.05) is 0 Å². The van der Waals surface area contributed by atoms with Crippen molar-refractivity contribution in [3.63, 3.8) is 0 Å². The third-order valence-electron chi connectivity index (χ3n) is 4.52. The Bertz CT molecular complexity index is 767. The van der Waals surface area contributed by atoms with Gasteiger partial charge in [-0.1, -0.05) is 6.08 Å². The van der Waals surface area contributed by atoms with Crippen LogP contribution in [0.3, 0.4) is 0 Å². The highest BCUT2D eigenvalue weighted by Crippen LogP contribution is 2.40. The highest BCUT2D eigenvalue weighted by atomic mass is 19.4. The van der Waals surface area contributed by atoms with Crippen molar-refractivity contribution in [3.8, 4) is 5.75 Å². The van der Waals surface area contributed by atoms with Crippen LogP contribution in [0.25, 0.3) is 5.57 Å². The van der Waals surface area contributed by atoms with Gasteiger partial charge in [-0.25, -0.2) is 9.18 Å². The van der Waals surface area contributed by atoms with Crippen molar-refractivity contribution in [3.05, 3.63) is 35.7 Å². The number of hydrogen-bond donors (Lipinski definition) is 0. The number of halogens is 4. The lowest BCUT2D eigenvalue weighted by Crippen LogP contribution is -2.45. The Morgan fingerprint density at radius 2 is 1.89 bits per heavy atom. The van der Waals surface area contributed by atoms with Crippen LogP contribution in [0.2, 0.25) is 0 Å². The highest BCUT2D eigenvalue weighted by Gasteiger charge is 2.42. The van der Waals surface area contributed by atoms with Crippen molar-refractivity contribution in [1.82, 2.24) is 4.90 Å². The van der Waals surface area contributed by atoms with Crippen molar-refractivity contribution in [2.45, 2.75) is 64.1 Å². The number of ether oxygens (including phenoxy) is 2. The maximum absolute atomic E-state index is 14.3. The molecule has 8 heteroatoms. The van der Waals surface area contributed by atoms with E-state index < -0.39 is 29.6 Å². The monoisotopic (exact) mass is 387 g/mol. The second-order valence-electron chi connectivity index (χ2n) is 7.77. The first kappa shape index (κ1) is 19.5. The van der Waals surface area contributed by atoms with E-state index in [2.05, 4.69) is 4.74 Å². The van der Waals surface area contributed by atoms with Gasteiger partial charge in [-0.05, 0) is 63.8 Å². The number of carbonyl (C=O) groups is 1. The van der Waals surface area contributed by atoms with Crippen LogP contribution < -0.4 is 4.74 Å². The first-order valence-corrected chi connectivity index (χ1v) is 8.70. The van der Waals surface area contributed by atoms with E-state index in [9.17, 15) is 22.4 Å². The third-order valence-corrected chi connectivity index (χ3v) is 4.52. The number of benzene rings is 1. The average molecular weight is 387 g/mol. The van der Waals surface area contributed by atoms with E-state index >= 15 is 0 Å². The minimum absolute atomic E-state index is 0.0671. The standard InChI is InChI=1S/C19H21F4NO3/c1-18(2,3)27-17(25)24-12-4-5-13(24)9-11(8-12)15-10-14(6-7-16(15)20)26-19(21,22)23/h6-8,10,12-13H,4-5,9H2,1-3H3. The lowest BCUT2D eigenvalue weighted by atomic mass is 9.94. The summed E-state index contributed by atoms with van der Waals surface area (Å²) in [7, 11) is 0. The van der Waals surface area contributed by atoms with Gasteiger partial charge in [-0.15, -0.1) is 13.2 Å². The molecule has 2 aliphatic rings. The van der Waals surface area contributed by atoms with Crippen molar-refractivity contribution in [2.24, 2.45) is 0 Å². The molecule has 1 aromatic rings. The fraction of sp³-hybridized carbons (Fsp3) is 0.526. The Hall–Kier alpha value is -2.25. The lowest BCUT2D eigenvalue weighted by molar-refractivity contribution is -0.274. The summed E-state index contributed by atoms with van der Waals surface area (Å²) in [6.07, 6.45) is -1.76. The van der Waals surface area contributed by atoms with Crippen LogP contribution in [-0.2, 0) is 4.74 Å². The van der Waals surface area contributed by atoms with Crippen LogP contribution in [0, 0.1) is 5.82 Å². The predicted molar refractivity (Wildman–Crippen MR) is 90.6 cm³/mol. The molecule has 2 bridgehead atoms. The Kier molecular flexibility index (Phi) is 4.86. The summed E-state index contributed by atoms with van der Waals surface area (Å²) in [5, 5.41) is 0. The summed E-state index contributed by atoms with van der Waals surface area (Å²) in [6.45, 7) is 5.33. The number of fused-ring (bicyclic) bond motifs is 2. The summed E-state index contributed by atoms with van der Waals surface area (Å²) in [5.41, 5.74) is 0.0144. The average Bonchev–Trinajstić information content (AvgIpc) is 2.77. The molecular formula is C19H21F4NO3. The molecule has 3 rings (SSSR count). The molecule has 2 atom stereocenters. The summed E-state index contributed by atoms with van der Waals surface area (Å²) in [5.74, 6) is -1.09. The molecule has 0 aliphatic carbocycles. The van der Waals surface area contributed by atoms with Crippen molar-refractivity contribution < 1.29 is 31.8 Å². The molecule has 1 aromatic carbocycles. The molecule has 2 unspecified atom stereocenters. The summed E-state index contributed by atoms with van der Waals surface area (Å²) >= 11 is 0. The van der Waals surface area contributed by atoms with Gasteiger partial charge in [0, 0.05) is 11.6 Å². The number of hydrogen-bond acceptors (Lipinski definition) is 3. The number of carbonyl (C=O) groups excluding carboxylic acids is 1. The first-order valence-electron chi connectivity index (χ1n) is 8.70. The van der Waals surface area contributed by atoms with Gasteiger partial charge in [0.25, 0.3) is 0 Å². The van der Waals surface area contributed by atoms with E-state index in [1.165, 1.54) is 0 Å². The molecule has 27 heavy (non-hydrogen) atoms. The minimum Gasteiger partial charge on any atom is -0.444 e. The van der Waals surface area contributed by atoms with E-state index in [0.717, 1.165) is 24.6 Å². The SMILES string of the molecule is CC(C)(C)OC(=O)N1C2C=C(c3cc(OC(F)(F)F)ccc3F)CC1CC2. The van der Waals surface area contributed by atoms with E-state index in [1.54, 1.807) is 31.7 Å². The van der Waals surface area contributed by atoms with E-state index in [0.29, 0.717) is 18.4 Å². The van der Waals surface area contributed by atoms with Gasteiger partial charge in [0.1, 0.15) is 17.2 Å². The Morgan fingerprint density at radius 3 is 2.48 bits per heavy atom. The summed E-state index contributed by atoms with van der Waals surface area (Å²) < 4.78 is 60.9. The molecule has 0 spiro atoms. The molecular weight excluding hydrogens is 366 g/mol. The van der Waals surface area contributed by atoms with Crippen LogP contribution in [0.15, 0.2) is 24.3 Å². The second kappa shape index (κ2) is 6.73. The molecule has 0 radical (unpaired) electrons. The smallest absolute Gasteiger partial charge is 0.444 e. The van der Waals surface area contributed by atoms with E-state index in [-0.39, 0.29) is 17.6 Å². The van der Waals surface area contributed by atoms with Crippen molar-refractivity contribution in [1.29, 1.82) is 0 Å².